The van der Waals surface area contributed by atoms with Crippen LogP contribution in [0.5, 0.6) is 0 Å². The molecule has 1 aromatic rings. The highest BCUT2D eigenvalue weighted by Crippen LogP contribution is 2.50. The monoisotopic (exact) mass is 330 g/mol. The smallest absolute Gasteiger partial charge is 0.238 e. The molecule has 6 heteroatoms. The molecule has 0 spiro atoms. The molecule has 118 valence electrons. The fraction of sp³-hybridized carbons (Fsp3) is 0.353. The second kappa shape index (κ2) is 4.93. The van der Waals surface area contributed by atoms with E-state index in [0.717, 1.165) is 17.7 Å². The Bertz CT molecular complexity index is 740. The molecule has 3 aliphatic carbocycles. The number of benzene rings is 1. The molecule has 4 atom stereocenters. The van der Waals surface area contributed by atoms with E-state index in [0.29, 0.717) is 0 Å². The number of hydrogen-bond acceptors (Lipinski definition) is 4. The lowest BCUT2D eigenvalue weighted by molar-refractivity contribution is -0.255. The summed E-state index contributed by atoms with van der Waals surface area (Å²) in [5.41, 5.74) is 0.0261. The highest BCUT2D eigenvalue weighted by molar-refractivity contribution is 6.33. The molecule has 2 amide bonds. The minimum absolute atomic E-state index is 0.0204. The summed E-state index contributed by atoms with van der Waals surface area (Å²) in [4.78, 5) is 37.8. The van der Waals surface area contributed by atoms with Crippen molar-refractivity contribution < 1.29 is 19.5 Å². The number of carbonyl (C=O) groups excluding carboxylic acids is 3. The molecule has 4 aliphatic rings. The van der Waals surface area contributed by atoms with E-state index in [1.807, 2.05) is 12.2 Å². The van der Waals surface area contributed by atoms with Crippen molar-refractivity contribution in [2.24, 2.45) is 23.7 Å². The second-order valence-corrected chi connectivity index (χ2v) is 6.71. The van der Waals surface area contributed by atoms with Crippen LogP contribution in [0.1, 0.15) is 23.2 Å². The van der Waals surface area contributed by atoms with Crippen molar-refractivity contribution in [2.45, 2.75) is 12.8 Å². The Balaban J connectivity index is 1.76. The zero-order valence-corrected chi connectivity index (χ0v) is 12.8. The third-order valence-corrected chi connectivity index (χ3v) is 5.52. The lowest BCUT2D eigenvalue weighted by Gasteiger charge is -2.38. The first kappa shape index (κ1) is 14.5. The first-order valence-electron chi connectivity index (χ1n) is 7.56. The van der Waals surface area contributed by atoms with Crippen LogP contribution in [-0.4, -0.2) is 17.8 Å². The number of carboxylic acid groups (broad SMARTS) is 1. The molecule has 1 saturated heterocycles. The molecule has 0 unspecified atom stereocenters. The molecule has 0 N–H and O–H groups in total. The van der Waals surface area contributed by atoms with Gasteiger partial charge >= 0.3 is 0 Å². The summed E-state index contributed by atoms with van der Waals surface area (Å²) in [7, 11) is 0. The number of carboxylic acids is 1. The molecule has 23 heavy (non-hydrogen) atoms. The Kier molecular flexibility index (Phi) is 3.10. The van der Waals surface area contributed by atoms with Crippen LogP contribution >= 0.6 is 11.6 Å². The Labute approximate surface area is 137 Å². The summed E-state index contributed by atoms with van der Waals surface area (Å²) in [6, 6.07) is 4.11. The van der Waals surface area contributed by atoms with Gasteiger partial charge in [0.15, 0.2) is 0 Å². The molecular weight excluding hydrogens is 318 g/mol. The highest BCUT2D eigenvalue weighted by Gasteiger charge is 2.56. The van der Waals surface area contributed by atoms with E-state index >= 15 is 0 Å². The normalized spacial score (nSPS) is 31.6. The quantitative estimate of drug-likeness (QED) is 0.606. The van der Waals surface area contributed by atoms with Crippen molar-refractivity contribution >= 4 is 35.1 Å². The Morgan fingerprint density at radius 3 is 2.13 bits per heavy atom. The molecular formula is C17H13ClNO4-. The second-order valence-electron chi connectivity index (χ2n) is 6.31. The number of halogens is 1. The number of amides is 2. The summed E-state index contributed by atoms with van der Waals surface area (Å²) < 4.78 is 0. The van der Waals surface area contributed by atoms with E-state index in [4.69, 9.17) is 11.6 Å². The van der Waals surface area contributed by atoms with Crippen LogP contribution in [-0.2, 0) is 9.59 Å². The van der Waals surface area contributed by atoms with Gasteiger partial charge < -0.3 is 9.90 Å². The van der Waals surface area contributed by atoms with E-state index in [1.54, 1.807) is 0 Å². The van der Waals surface area contributed by atoms with Gasteiger partial charge in [-0.1, -0.05) is 23.8 Å². The van der Waals surface area contributed by atoms with Gasteiger partial charge in [-0.15, -0.1) is 0 Å². The average Bonchev–Trinajstić information content (AvgIpc) is 2.83. The number of nitrogens with zero attached hydrogens (tertiary/aromatic N) is 1. The average molecular weight is 331 g/mol. The van der Waals surface area contributed by atoms with Gasteiger partial charge in [0, 0.05) is 10.6 Å². The van der Waals surface area contributed by atoms with Crippen molar-refractivity contribution in [3.63, 3.8) is 0 Å². The number of carbonyl (C=O) groups is 3. The van der Waals surface area contributed by atoms with E-state index in [-0.39, 0.29) is 51.8 Å². The molecule has 5 rings (SSSR count). The minimum Gasteiger partial charge on any atom is -0.545 e. The van der Waals surface area contributed by atoms with E-state index in [1.165, 1.54) is 18.2 Å². The summed E-state index contributed by atoms with van der Waals surface area (Å²) in [6.07, 6.45) is 5.91. The molecule has 1 heterocycles. The predicted octanol–water partition coefficient (Wildman–Crippen LogP) is 1.41. The summed E-state index contributed by atoms with van der Waals surface area (Å²) in [5, 5.41) is 11.1. The topological polar surface area (TPSA) is 77.5 Å². The van der Waals surface area contributed by atoms with E-state index < -0.39 is 5.97 Å². The van der Waals surface area contributed by atoms with Crippen molar-refractivity contribution in [1.82, 2.24) is 0 Å². The molecule has 0 aromatic heterocycles. The summed E-state index contributed by atoms with van der Waals surface area (Å²) in [6.45, 7) is 0. The van der Waals surface area contributed by atoms with Crippen LogP contribution in [0.15, 0.2) is 30.4 Å². The molecule has 0 radical (unpaired) electrons. The zero-order chi connectivity index (χ0) is 16.3. The third-order valence-electron chi connectivity index (χ3n) is 5.19. The molecule has 2 bridgehead atoms. The van der Waals surface area contributed by atoms with Gasteiger partial charge in [-0.25, -0.2) is 4.90 Å². The van der Waals surface area contributed by atoms with Crippen molar-refractivity contribution in [3.05, 3.63) is 40.9 Å². The maximum absolute atomic E-state index is 12.8. The number of imide groups is 1. The molecule has 5 nitrogen and oxygen atoms in total. The Morgan fingerprint density at radius 1 is 1.09 bits per heavy atom. The van der Waals surface area contributed by atoms with Gasteiger partial charge in [0.25, 0.3) is 0 Å². The van der Waals surface area contributed by atoms with Gasteiger partial charge in [-0.05, 0) is 42.9 Å². The minimum atomic E-state index is -1.44. The summed E-state index contributed by atoms with van der Waals surface area (Å²) >= 11 is 5.83. The number of rotatable bonds is 2. The van der Waals surface area contributed by atoms with E-state index in [2.05, 4.69) is 0 Å². The van der Waals surface area contributed by atoms with Gasteiger partial charge in [0.2, 0.25) is 11.8 Å². The predicted molar refractivity (Wildman–Crippen MR) is 80.6 cm³/mol. The number of hydrogen-bond donors (Lipinski definition) is 0. The Morgan fingerprint density at radius 2 is 1.65 bits per heavy atom. The van der Waals surface area contributed by atoms with Crippen LogP contribution in [0.2, 0.25) is 5.02 Å². The maximum Gasteiger partial charge on any atom is 0.238 e. The molecule has 1 saturated carbocycles. The summed E-state index contributed by atoms with van der Waals surface area (Å²) in [5.74, 6) is -2.38. The van der Waals surface area contributed by atoms with Crippen molar-refractivity contribution in [1.29, 1.82) is 0 Å². The largest absolute Gasteiger partial charge is 0.545 e. The van der Waals surface area contributed by atoms with Crippen LogP contribution in [0, 0.1) is 23.7 Å². The number of allylic oxidation sites excluding steroid dienone is 2. The van der Waals surface area contributed by atoms with Crippen molar-refractivity contribution in [2.75, 3.05) is 4.90 Å². The lowest BCUT2D eigenvalue weighted by atomic mass is 9.63. The van der Waals surface area contributed by atoms with Crippen LogP contribution in [0.3, 0.4) is 0 Å². The standard InChI is InChI=1S/C17H14ClNO4/c18-12-6-5-10(7-11(12)17(22)23)19-15(20)13-8-1-2-9(4-3-8)14(13)16(19)21/h1-2,5-9,13-14H,3-4H2,(H,22,23)/p-1/t8-,9-,13-,14+/m0/s1. The molecule has 1 aliphatic heterocycles. The maximum atomic E-state index is 12.8. The fourth-order valence-electron chi connectivity index (χ4n) is 4.14. The van der Waals surface area contributed by atoms with Crippen molar-refractivity contribution in [3.8, 4) is 0 Å². The van der Waals surface area contributed by atoms with Crippen LogP contribution in [0.25, 0.3) is 0 Å². The van der Waals surface area contributed by atoms with Crippen LogP contribution < -0.4 is 10.0 Å². The molecule has 1 aromatic carbocycles. The number of fused-ring (bicyclic) bond motifs is 1. The van der Waals surface area contributed by atoms with Gasteiger partial charge in [0.05, 0.1) is 23.5 Å². The van der Waals surface area contributed by atoms with Gasteiger partial charge in [0.1, 0.15) is 0 Å². The van der Waals surface area contributed by atoms with E-state index in [9.17, 15) is 19.5 Å². The number of anilines is 1. The molecule has 2 fully saturated rings. The fourth-order valence-corrected chi connectivity index (χ4v) is 4.33. The first-order valence-corrected chi connectivity index (χ1v) is 7.94. The first-order chi connectivity index (χ1) is 11.0. The lowest BCUT2D eigenvalue weighted by Crippen LogP contribution is -2.38. The van der Waals surface area contributed by atoms with Gasteiger partial charge in [-0.2, -0.15) is 0 Å². The Hall–Kier alpha value is -2.14. The van der Waals surface area contributed by atoms with Gasteiger partial charge in [-0.3, -0.25) is 9.59 Å². The third kappa shape index (κ3) is 1.96. The van der Waals surface area contributed by atoms with Crippen LogP contribution in [0.4, 0.5) is 5.69 Å². The highest BCUT2D eigenvalue weighted by atomic mass is 35.5. The zero-order valence-electron chi connectivity index (χ0n) is 12.1. The number of aromatic carboxylic acids is 1. The SMILES string of the molecule is O=C([O-])c1cc(N2C(=O)[C@@H]3[C@H](C2=O)[C@H]2C=C[C@H]3CC2)ccc1Cl.